The first-order chi connectivity index (χ1) is 19.9. The number of rotatable bonds is 14. The SMILES string of the molecule is CCC1C=CC2=C(O)C3C(=O)C4=C(NCCNCCO)CCC(NCCNCCO)=C4C(=O)C3=CC2=C1C(=O)OC. The second-order valence-electron chi connectivity index (χ2n) is 10.2. The molecule has 0 aliphatic heterocycles. The van der Waals surface area contributed by atoms with Gasteiger partial charge in [-0.05, 0) is 30.9 Å². The number of ether oxygens (including phenoxy) is 1. The lowest BCUT2D eigenvalue weighted by Gasteiger charge is -2.37. The Labute approximate surface area is 239 Å². The number of ketones is 2. The monoisotopic (exact) mass is 568 g/mol. The molecule has 0 aromatic carbocycles. The van der Waals surface area contributed by atoms with Crippen molar-refractivity contribution in [3.05, 3.63) is 68.8 Å². The van der Waals surface area contributed by atoms with Gasteiger partial charge in [-0.1, -0.05) is 19.1 Å². The fraction of sp³-hybridized carbons (Fsp3) is 0.500. The maximum absolute atomic E-state index is 14.2. The van der Waals surface area contributed by atoms with Crippen molar-refractivity contribution in [1.82, 2.24) is 21.3 Å². The Morgan fingerprint density at radius 1 is 0.927 bits per heavy atom. The number of nitrogens with one attached hydrogen (secondary N) is 4. The van der Waals surface area contributed by atoms with Gasteiger partial charge in [0.1, 0.15) is 11.7 Å². The number of aliphatic hydroxyl groups excluding tert-OH is 3. The molecule has 7 N–H and O–H groups in total. The van der Waals surface area contributed by atoms with E-state index in [9.17, 15) is 19.5 Å². The molecule has 4 rings (SSSR count). The van der Waals surface area contributed by atoms with Crippen molar-refractivity contribution in [2.24, 2.45) is 11.8 Å². The van der Waals surface area contributed by atoms with Gasteiger partial charge in [0.25, 0.3) is 0 Å². The van der Waals surface area contributed by atoms with E-state index < -0.39 is 11.9 Å². The number of allylic oxidation sites excluding steroid dienone is 10. The predicted molar refractivity (Wildman–Crippen MR) is 152 cm³/mol. The van der Waals surface area contributed by atoms with Gasteiger partial charge in [0, 0.05) is 67.7 Å². The number of carbonyl (C=O) groups excluding carboxylic acids is 3. The largest absolute Gasteiger partial charge is 0.511 e. The van der Waals surface area contributed by atoms with Gasteiger partial charge in [0.15, 0.2) is 11.6 Å². The molecular weight excluding hydrogens is 528 g/mol. The molecule has 0 radical (unpaired) electrons. The van der Waals surface area contributed by atoms with E-state index in [-0.39, 0.29) is 53.2 Å². The van der Waals surface area contributed by atoms with E-state index in [0.29, 0.717) is 86.6 Å². The van der Waals surface area contributed by atoms with Crippen LogP contribution in [-0.2, 0) is 19.1 Å². The van der Waals surface area contributed by atoms with Gasteiger partial charge in [-0.25, -0.2) is 4.79 Å². The summed E-state index contributed by atoms with van der Waals surface area (Å²) in [5.41, 5.74) is 3.11. The molecule has 11 nitrogen and oxygen atoms in total. The third-order valence-electron chi connectivity index (χ3n) is 7.79. The average Bonchev–Trinajstić information content (AvgIpc) is 2.98. The normalized spacial score (nSPS) is 22.0. The molecular formula is C30H40N4O7. The van der Waals surface area contributed by atoms with Crippen LogP contribution in [0.1, 0.15) is 26.2 Å². The van der Waals surface area contributed by atoms with E-state index in [2.05, 4.69) is 21.3 Å². The van der Waals surface area contributed by atoms with E-state index in [1.165, 1.54) is 7.11 Å². The number of hydrogen-bond donors (Lipinski definition) is 7. The Kier molecular flexibility index (Phi) is 10.3. The quantitative estimate of drug-likeness (QED) is 0.113. The number of methoxy groups -OCH3 is 1. The number of Topliss-reactive ketones (excluding diaryl/α,β-unsaturated/α-hetero) is 2. The lowest BCUT2D eigenvalue weighted by Crippen LogP contribution is -2.42. The summed E-state index contributed by atoms with van der Waals surface area (Å²) in [5, 5.41) is 42.3. The molecule has 0 saturated heterocycles. The van der Waals surface area contributed by atoms with Crippen LogP contribution in [0, 0.1) is 11.8 Å². The summed E-state index contributed by atoms with van der Waals surface area (Å²) < 4.78 is 5.05. The standard InChI is InChI=1S/C30H40N4O7/c1-3-17-4-5-18-19(23(17)30(40)41-2)16-20-24(27(18)37)29(39)26-22(34-11-9-32-13-15-36)7-6-21(25(26)28(20)38)33-10-8-31-12-14-35/h4-5,16-17,24,31-37H,3,6-15H2,1-2H3. The first-order valence-corrected chi connectivity index (χ1v) is 14.2. The molecule has 0 spiro atoms. The smallest absolute Gasteiger partial charge is 0.334 e. The molecule has 1 fully saturated rings. The van der Waals surface area contributed by atoms with Crippen molar-refractivity contribution < 1.29 is 34.4 Å². The lowest BCUT2D eigenvalue weighted by molar-refractivity contribution is -0.136. The third kappa shape index (κ3) is 6.08. The molecule has 0 bridgehead atoms. The Hall–Kier alpha value is -3.51. The highest BCUT2D eigenvalue weighted by Crippen LogP contribution is 2.47. The first kappa shape index (κ1) is 30.4. The van der Waals surface area contributed by atoms with Crippen LogP contribution in [0.2, 0.25) is 0 Å². The minimum Gasteiger partial charge on any atom is -0.511 e. The summed E-state index contributed by atoms with van der Waals surface area (Å²) in [5.74, 6) is -2.94. The van der Waals surface area contributed by atoms with E-state index >= 15 is 0 Å². The molecule has 41 heavy (non-hydrogen) atoms. The zero-order valence-corrected chi connectivity index (χ0v) is 23.6. The van der Waals surface area contributed by atoms with Gasteiger partial charge in [-0.3, -0.25) is 9.59 Å². The van der Waals surface area contributed by atoms with Crippen LogP contribution >= 0.6 is 0 Å². The van der Waals surface area contributed by atoms with E-state index in [1.807, 2.05) is 13.0 Å². The summed E-state index contributed by atoms with van der Waals surface area (Å²) >= 11 is 0. The van der Waals surface area contributed by atoms with Crippen LogP contribution < -0.4 is 21.3 Å². The van der Waals surface area contributed by atoms with Crippen LogP contribution in [0.15, 0.2) is 68.8 Å². The van der Waals surface area contributed by atoms with Gasteiger partial charge in [-0.2, -0.15) is 0 Å². The molecule has 0 aromatic rings. The Balaban J connectivity index is 1.78. The predicted octanol–water partition coefficient (Wildman–Crippen LogP) is 0.217. The molecule has 2 atom stereocenters. The summed E-state index contributed by atoms with van der Waals surface area (Å²) in [7, 11) is 1.30. The second-order valence-corrected chi connectivity index (χ2v) is 10.2. The third-order valence-corrected chi connectivity index (χ3v) is 7.79. The molecule has 11 heteroatoms. The zero-order valence-electron chi connectivity index (χ0n) is 23.6. The van der Waals surface area contributed by atoms with Crippen molar-refractivity contribution in [2.75, 3.05) is 59.6 Å². The maximum Gasteiger partial charge on any atom is 0.334 e. The van der Waals surface area contributed by atoms with Gasteiger partial charge in [-0.15, -0.1) is 0 Å². The summed E-state index contributed by atoms with van der Waals surface area (Å²) in [6, 6.07) is 0. The molecule has 0 heterocycles. The van der Waals surface area contributed by atoms with Crippen LogP contribution in [0.4, 0.5) is 0 Å². The molecule has 222 valence electrons. The highest BCUT2D eigenvalue weighted by molar-refractivity contribution is 6.28. The molecule has 4 aliphatic rings. The van der Waals surface area contributed by atoms with Crippen molar-refractivity contribution in [1.29, 1.82) is 0 Å². The van der Waals surface area contributed by atoms with Crippen molar-refractivity contribution in [3.8, 4) is 0 Å². The van der Waals surface area contributed by atoms with Crippen molar-refractivity contribution in [2.45, 2.75) is 26.2 Å². The number of esters is 1. The van der Waals surface area contributed by atoms with Crippen LogP contribution in [0.25, 0.3) is 0 Å². The topological polar surface area (TPSA) is 169 Å². The summed E-state index contributed by atoms with van der Waals surface area (Å²) in [6.07, 6.45) is 6.75. The van der Waals surface area contributed by atoms with Gasteiger partial charge in [0.2, 0.25) is 0 Å². The fourth-order valence-electron chi connectivity index (χ4n) is 5.82. The zero-order chi connectivity index (χ0) is 29.5. The van der Waals surface area contributed by atoms with Crippen molar-refractivity contribution in [3.63, 3.8) is 0 Å². The molecule has 1 saturated carbocycles. The minimum absolute atomic E-state index is 0.0159. The van der Waals surface area contributed by atoms with Crippen LogP contribution in [-0.4, -0.2) is 92.4 Å². The number of aliphatic hydroxyl groups is 3. The molecule has 0 amide bonds. The number of hydrogen-bond acceptors (Lipinski definition) is 11. The van der Waals surface area contributed by atoms with Gasteiger partial charge in [0.05, 0.1) is 37.0 Å². The van der Waals surface area contributed by atoms with Gasteiger partial charge >= 0.3 is 5.97 Å². The van der Waals surface area contributed by atoms with Crippen LogP contribution in [0.3, 0.4) is 0 Å². The highest BCUT2D eigenvalue weighted by atomic mass is 16.5. The first-order valence-electron chi connectivity index (χ1n) is 14.2. The highest BCUT2D eigenvalue weighted by Gasteiger charge is 2.48. The Morgan fingerprint density at radius 3 is 2.10 bits per heavy atom. The number of fused-ring (bicyclic) bond motifs is 3. The van der Waals surface area contributed by atoms with Crippen molar-refractivity contribution >= 4 is 17.5 Å². The summed E-state index contributed by atoms with van der Waals surface area (Å²) in [6.45, 7) is 4.94. The van der Waals surface area contributed by atoms with E-state index in [1.54, 1.807) is 12.2 Å². The molecule has 4 aliphatic carbocycles. The fourth-order valence-corrected chi connectivity index (χ4v) is 5.82. The Morgan fingerprint density at radius 2 is 1.54 bits per heavy atom. The second kappa shape index (κ2) is 13.9. The Bertz CT molecular complexity index is 1270. The van der Waals surface area contributed by atoms with Gasteiger partial charge < -0.3 is 41.3 Å². The molecule has 0 aromatic heterocycles. The molecule has 2 unspecified atom stereocenters. The number of carbonyl (C=O) groups is 3. The summed E-state index contributed by atoms with van der Waals surface area (Å²) in [4.78, 5) is 41.2. The maximum atomic E-state index is 14.2. The van der Waals surface area contributed by atoms with E-state index in [0.717, 1.165) is 0 Å². The lowest BCUT2D eigenvalue weighted by atomic mass is 9.67. The van der Waals surface area contributed by atoms with Crippen LogP contribution in [0.5, 0.6) is 0 Å². The minimum atomic E-state index is -1.17. The van der Waals surface area contributed by atoms with E-state index in [4.69, 9.17) is 14.9 Å². The average molecular weight is 569 g/mol.